The van der Waals surface area contributed by atoms with E-state index in [9.17, 15) is 19.5 Å². The van der Waals surface area contributed by atoms with E-state index in [1.165, 1.54) is 12.5 Å². The number of hydrogen-bond donors (Lipinski definition) is 6. The van der Waals surface area contributed by atoms with Gasteiger partial charge in [0, 0.05) is 24.1 Å². The number of carbonyl (C=O) groups is 3. The second-order valence-corrected chi connectivity index (χ2v) is 6.53. The molecule has 1 aromatic heterocycles. The quantitative estimate of drug-likeness (QED) is 0.300. The lowest BCUT2D eigenvalue weighted by atomic mass is 10.0. The van der Waals surface area contributed by atoms with E-state index >= 15 is 0 Å². The fourth-order valence-electron chi connectivity index (χ4n) is 2.15. The van der Waals surface area contributed by atoms with Crippen LogP contribution in [-0.4, -0.2) is 56.7 Å². The third kappa shape index (κ3) is 7.14. The molecule has 3 unspecified atom stereocenters. The standard InChI is InChI=1S/C15H25N5O4S/c1-8(2)3-12(15(23)24)20-14(22)11(4-9-5-17-7-18-9)19-13(21)10(16)6-25/h5,7-8,10-12,25H,3-4,6,16H2,1-2H3,(H,17,18)(H,19,21)(H,20,22)(H,23,24). The highest BCUT2D eigenvalue weighted by atomic mass is 32.1. The molecule has 0 bridgehead atoms. The number of nitrogens with zero attached hydrogens (tertiary/aromatic N) is 1. The van der Waals surface area contributed by atoms with Gasteiger partial charge in [0.15, 0.2) is 0 Å². The number of imidazole rings is 1. The molecule has 0 saturated heterocycles. The topological polar surface area (TPSA) is 150 Å². The maximum Gasteiger partial charge on any atom is 0.326 e. The summed E-state index contributed by atoms with van der Waals surface area (Å²) in [4.78, 5) is 42.6. The van der Waals surface area contributed by atoms with Gasteiger partial charge in [0.25, 0.3) is 0 Å². The van der Waals surface area contributed by atoms with E-state index in [0.29, 0.717) is 5.69 Å². The zero-order chi connectivity index (χ0) is 19.0. The average Bonchev–Trinajstić information content (AvgIpc) is 3.05. The van der Waals surface area contributed by atoms with Crippen molar-refractivity contribution in [3.05, 3.63) is 18.2 Å². The van der Waals surface area contributed by atoms with Crippen LogP contribution in [0.5, 0.6) is 0 Å². The molecule has 140 valence electrons. The van der Waals surface area contributed by atoms with Crippen molar-refractivity contribution in [2.24, 2.45) is 11.7 Å². The Balaban J connectivity index is 2.86. The number of aromatic amines is 1. The highest BCUT2D eigenvalue weighted by Crippen LogP contribution is 2.07. The van der Waals surface area contributed by atoms with Crippen LogP contribution in [0.4, 0.5) is 0 Å². The summed E-state index contributed by atoms with van der Waals surface area (Å²) < 4.78 is 0. The van der Waals surface area contributed by atoms with Gasteiger partial charge in [-0.25, -0.2) is 9.78 Å². The SMILES string of the molecule is CC(C)CC(NC(=O)C(Cc1cnc[nH]1)NC(=O)C(N)CS)C(=O)O. The normalized spacial score (nSPS) is 14.6. The van der Waals surface area contributed by atoms with Crippen molar-refractivity contribution in [2.75, 3.05) is 5.75 Å². The van der Waals surface area contributed by atoms with Crippen LogP contribution in [0.25, 0.3) is 0 Å². The van der Waals surface area contributed by atoms with Crippen LogP contribution in [0.3, 0.4) is 0 Å². The minimum Gasteiger partial charge on any atom is -0.480 e. The number of aromatic nitrogens is 2. The van der Waals surface area contributed by atoms with Crippen LogP contribution >= 0.6 is 12.6 Å². The van der Waals surface area contributed by atoms with Crippen molar-refractivity contribution < 1.29 is 19.5 Å². The first kappa shape index (κ1) is 21.0. The molecule has 0 spiro atoms. The Hall–Kier alpha value is -2.07. The lowest BCUT2D eigenvalue weighted by Crippen LogP contribution is -2.55. The first-order valence-corrected chi connectivity index (χ1v) is 8.55. The summed E-state index contributed by atoms with van der Waals surface area (Å²) in [6, 6.07) is -2.88. The lowest BCUT2D eigenvalue weighted by Gasteiger charge is -2.23. The van der Waals surface area contributed by atoms with Crippen LogP contribution in [0.15, 0.2) is 12.5 Å². The summed E-state index contributed by atoms with van der Waals surface area (Å²) in [5.74, 6) is -2.05. The van der Waals surface area contributed by atoms with Crippen molar-refractivity contribution in [2.45, 2.75) is 44.8 Å². The number of nitrogens with one attached hydrogen (secondary N) is 3. The molecule has 1 rings (SSSR count). The molecule has 0 fully saturated rings. The number of aliphatic carboxylic acids is 1. The zero-order valence-electron chi connectivity index (χ0n) is 14.2. The van der Waals surface area contributed by atoms with E-state index in [0.717, 1.165) is 0 Å². The molecule has 1 heterocycles. The predicted octanol–water partition coefficient (Wildman–Crippen LogP) is -0.690. The maximum atomic E-state index is 12.5. The van der Waals surface area contributed by atoms with Gasteiger partial charge in [-0.05, 0) is 12.3 Å². The van der Waals surface area contributed by atoms with Crippen LogP contribution in [0.2, 0.25) is 0 Å². The van der Waals surface area contributed by atoms with Crippen molar-refractivity contribution >= 4 is 30.4 Å². The van der Waals surface area contributed by atoms with Crippen LogP contribution in [-0.2, 0) is 20.8 Å². The number of rotatable bonds is 10. The van der Waals surface area contributed by atoms with Gasteiger partial charge in [-0.15, -0.1) is 0 Å². The lowest BCUT2D eigenvalue weighted by molar-refractivity contribution is -0.142. The Morgan fingerprint density at radius 3 is 2.40 bits per heavy atom. The summed E-state index contributed by atoms with van der Waals surface area (Å²) in [5, 5.41) is 14.3. The van der Waals surface area contributed by atoms with Crippen LogP contribution < -0.4 is 16.4 Å². The molecule has 3 atom stereocenters. The van der Waals surface area contributed by atoms with E-state index < -0.39 is 35.9 Å². The van der Waals surface area contributed by atoms with Crippen molar-refractivity contribution in [1.82, 2.24) is 20.6 Å². The molecule has 1 aromatic rings. The Labute approximate surface area is 151 Å². The Kier molecular flexibility index (Phi) is 8.42. The molecular formula is C15H25N5O4S. The Morgan fingerprint density at radius 1 is 1.28 bits per heavy atom. The molecule has 0 saturated carbocycles. The minimum atomic E-state index is -1.12. The summed E-state index contributed by atoms with van der Waals surface area (Å²) in [5.41, 5.74) is 6.24. The summed E-state index contributed by atoms with van der Waals surface area (Å²) in [6.07, 6.45) is 3.38. The van der Waals surface area contributed by atoms with Gasteiger partial charge in [-0.3, -0.25) is 9.59 Å². The smallest absolute Gasteiger partial charge is 0.326 e. The van der Waals surface area contributed by atoms with Gasteiger partial charge in [0.05, 0.1) is 12.4 Å². The molecule has 2 amide bonds. The molecular weight excluding hydrogens is 346 g/mol. The van der Waals surface area contributed by atoms with Gasteiger partial charge < -0.3 is 26.5 Å². The number of carboxylic acid groups (broad SMARTS) is 1. The molecule has 0 aromatic carbocycles. The Morgan fingerprint density at radius 2 is 1.92 bits per heavy atom. The predicted molar refractivity (Wildman–Crippen MR) is 95.1 cm³/mol. The molecule has 0 aliphatic rings. The zero-order valence-corrected chi connectivity index (χ0v) is 15.1. The summed E-state index contributed by atoms with van der Waals surface area (Å²) >= 11 is 3.96. The fraction of sp³-hybridized carbons (Fsp3) is 0.600. The number of amides is 2. The van der Waals surface area contributed by atoms with Gasteiger partial charge in [0.2, 0.25) is 11.8 Å². The first-order valence-electron chi connectivity index (χ1n) is 7.91. The largest absolute Gasteiger partial charge is 0.480 e. The van der Waals surface area contributed by atoms with Gasteiger partial charge >= 0.3 is 5.97 Å². The highest BCUT2D eigenvalue weighted by Gasteiger charge is 2.28. The van der Waals surface area contributed by atoms with Crippen LogP contribution in [0.1, 0.15) is 26.0 Å². The molecule has 6 N–H and O–H groups in total. The highest BCUT2D eigenvalue weighted by molar-refractivity contribution is 7.80. The van der Waals surface area contributed by atoms with E-state index in [-0.39, 0.29) is 24.5 Å². The molecule has 25 heavy (non-hydrogen) atoms. The number of nitrogens with two attached hydrogens (primary N) is 1. The average molecular weight is 371 g/mol. The molecule has 0 radical (unpaired) electrons. The number of carbonyl (C=O) groups excluding carboxylic acids is 2. The van der Waals surface area contributed by atoms with E-state index in [1.807, 2.05) is 13.8 Å². The third-order valence-corrected chi connectivity index (χ3v) is 3.86. The maximum absolute atomic E-state index is 12.5. The first-order chi connectivity index (χ1) is 11.7. The molecule has 10 heteroatoms. The monoisotopic (exact) mass is 371 g/mol. The number of H-pyrrole nitrogens is 1. The molecule has 9 nitrogen and oxygen atoms in total. The van der Waals surface area contributed by atoms with E-state index in [1.54, 1.807) is 0 Å². The van der Waals surface area contributed by atoms with Gasteiger partial charge in [-0.2, -0.15) is 12.6 Å². The van der Waals surface area contributed by atoms with Crippen molar-refractivity contribution in [3.8, 4) is 0 Å². The second-order valence-electron chi connectivity index (χ2n) is 6.16. The number of hydrogen-bond acceptors (Lipinski definition) is 6. The fourth-order valence-corrected chi connectivity index (χ4v) is 2.32. The van der Waals surface area contributed by atoms with E-state index in [2.05, 4.69) is 33.2 Å². The van der Waals surface area contributed by atoms with E-state index in [4.69, 9.17) is 5.73 Å². The summed E-state index contributed by atoms with van der Waals surface area (Å²) in [6.45, 7) is 3.72. The number of thiol groups is 1. The van der Waals surface area contributed by atoms with Gasteiger partial charge in [-0.1, -0.05) is 13.8 Å². The van der Waals surface area contributed by atoms with Crippen molar-refractivity contribution in [1.29, 1.82) is 0 Å². The second kappa shape index (κ2) is 10.0. The van der Waals surface area contributed by atoms with Gasteiger partial charge in [0.1, 0.15) is 12.1 Å². The van der Waals surface area contributed by atoms with Crippen molar-refractivity contribution in [3.63, 3.8) is 0 Å². The molecule has 0 aliphatic heterocycles. The van der Waals surface area contributed by atoms with Crippen LogP contribution in [0, 0.1) is 5.92 Å². The Bertz CT molecular complexity index is 578. The third-order valence-electron chi connectivity index (χ3n) is 3.47. The molecule has 0 aliphatic carbocycles. The number of carboxylic acids is 1. The minimum absolute atomic E-state index is 0.0830. The summed E-state index contributed by atoms with van der Waals surface area (Å²) in [7, 11) is 0.